The summed E-state index contributed by atoms with van der Waals surface area (Å²) in [5.74, 6) is 0. The lowest BCUT2D eigenvalue weighted by Crippen LogP contribution is -2.57. The number of amides is 2. The Kier molecular flexibility index (Phi) is 4.23. The largest absolute Gasteiger partial charge is 0.373 e. The van der Waals surface area contributed by atoms with Crippen molar-refractivity contribution < 1.29 is 9.53 Å². The van der Waals surface area contributed by atoms with Gasteiger partial charge in [0.2, 0.25) is 0 Å². The van der Waals surface area contributed by atoms with Crippen LogP contribution in [0.2, 0.25) is 0 Å². The molecule has 0 aromatic carbocycles. The highest BCUT2D eigenvalue weighted by Crippen LogP contribution is 2.17. The average Bonchev–Trinajstić information content (AvgIpc) is 2.39. The summed E-state index contributed by atoms with van der Waals surface area (Å²) in [7, 11) is 0. The molecule has 5 nitrogen and oxygen atoms in total. The molecule has 2 rings (SSSR count). The van der Waals surface area contributed by atoms with E-state index < -0.39 is 0 Å². The van der Waals surface area contributed by atoms with E-state index in [-0.39, 0.29) is 18.2 Å². The van der Waals surface area contributed by atoms with Crippen LogP contribution in [0, 0.1) is 0 Å². The average molecular weight is 241 g/mol. The van der Waals surface area contributed by atoms with Gasteiger partial charge in [0.25, 0.3) is 0 Å². The summed E-state index contributed by atoms with van der Waals surface area (Å²) in [6.45, 7) is 5.55. The van der Waals surface area contributed by atoms with Crippen LogP contribution in [0.1, 0.15) is 26.2 Å². The van der Waals surface area contributed by atoms with Gasteiger partial charge in [0.05, 0.1) is 25.3 Å². The predicted octanol–water partition coefficient (Wildman–Crippen LogP) is 0.640. The number of piperidine rings is 1. The highest BCUT2D eigenvalue weighted by atomic mass is 16.5. The molecule has 5 heteroatoms. The number of urea groups is 1. The van der Waals surface area contributed by atoms with Crippen molar-refractivity contribution in [3.8, 4) is 0 Å². The Morgan fingerprint density at radius 1 is 1.35 bits per heavy atom. The van der Waals surface area contributed by atoms with E-state index in [1.54, 1.807) is 0 Å². The first-order valence-electron chi connectivity index (χ1n) is 6.59. The van der Waals surface area contributed by atoms with Gasteiger partial charge in [-0.05, 0) is 26.2 Å². The number of ether oxygens (including phenoxy) is 1. The Labute approximate surface area is 103 Å². The molecule has 2 aliphatic rings. The van der Waals surface area contributed by atoms with Crippen LogP contribution in [0.3, 0.4) is 0 Å². The summed E-state index contributed by atoms with van der Waals surface area (Å²) in [6.07, 6.45) is 3.50. The first kappa shape index (κ1) is 12.6. The molecule has 2 N–H and O–H groups in total. The van der Waals surface area contributed by atoms with Crippen molar-refractivity contribution in [3.63, 3.8) is 0 Å². The molecule has 0 spiro atoms. The van der Waals surface area contributed by atoms with Gasteiger partial charge < -0.3 is 20.3 Å². The molecule has 2 saturated heterocycles. The molecule has 2 atom stereocenters. The highest BCUT2D eigenvalue weighted by Gasteiger charge is 2.32. The summed E-state index contributed by atoms with van der Waals surface area (Å²) in [5, 5.41) is 0. The van der Waals surface area contributed by atoms with E-state index in [9.17, 15) is 4.79 Å². The van der Waals surface area contributed by atoms with Gasteiger partial charge in [-0.15, -0.1) is 0 Å². The van der Waals surface area contributed by atoms with Crippen LogP contribution in [0.15, 0.2) is 0 Å². The van der Waals surface area contributed by atoms with Gasteiger partial charge in [0.15, 0.2) is 0 Å². The second-order valence-electron chi connectivity index (χ2n) is 5.02. The number of likely N-dealkylation sites (tertiary alicyclic amines) is 1. The second-order valence-corrected chi connectivity index (χ2v) is 5.02. The van der Waals surface area contributed by atoms with Crippen molar-refractivity contribution in [1.82, 2.24) is 9.80 Å². The van der Waals surface area contributed by atoms with Crippen molar-refractivity contribution in [2.24, 2.45) is 5.73 Å². The van der Waals surface area contributed by atoms with E-state index in [1.165, 1.54) is 6.42 Å². The third-order valence-corrected chi connectivity index (χ3v) is 3.64. The van der Waals surface area contributed by atoms with E-state index in [0.29, 0.717) is 19.7 Å². The van der Waals surface area contributed by atoms with Crippen LogP contribution in [-0.4, -0.2) is 60.8 Å². The highest BCUT2D eigenvalue weighted by molar-refractivity contribution is 5.75. The summed E-state index contributed by atoms with van der Waals surface area (Å²) in [6, 6.07) is 0.325. The van der Waals surface area contributed by atoms with Crippen LogP contribution in [0.25, 0.3) is 0 Å². The molecule has 0 saturated carbocycles. The molecule has 0 aliphatic carbocycles. The molecule has 2 unspecified atom stereocenters. The standard InChI is InChI=1S/C12H23N3O2/c1-10-9-17-11(7-13)8-15(10)12(16)14-5-3-2-4-6-14/h10-11H,2-9,13H2,1H3. The van der Waals surface area contributed by atoms with E-state index in [2.05, 4.69) is 0 Å². The number of carbonyl (C=O) groups excluding carboxylic acids is 1. The van der Waals surface area contributed by atoms with Gasteiger partial charge in [-0.1, -0.05) is 0 Å². The minimum absolute atomic E-state index is 0.0000550. The molecule has 0 aromatic heterocycles. The SMILES string of the molecule is CC1COC(CN)CN1C(=O)N1CCCCC1. The van der Waals surface area contributed by atoms with Crippen molar-refractivity contribution in [1.29, 1.82) is 0 Å². The van der Waals surface area contributed by atoms with Crippen molar-refractivity contribution in [2.75, 3.05) is 32.8 Å². The number of hydrogen-bond donors (Lipinski definition) is 1. The topological polar surface area (TPSA) is 58.8 Å². The van der Waals surface area contributed by atoms with Gasteiger partial charge in [-0.3, -0.25) is 0 Å². The van der Waals surface area contributed by atoms with Gasteiger partial charge in [0, 0.05) is 19.6 Å². The van der Waals surface area contributed by atoms with Crippen molar-refractivity contribution in [3.05, 3.63) is 0 Å². The maximum atomic E-state index is 12.4. The first-order valence-corrected chi connectivity index (χ1v) is 6.59. The fraction of sp³-hybridized carbons (Fsp3) is 0.917. The van der Waals surface area contributed by atoms with Crippen LogP contribution < -0.4 is 5.73 Å². The summed E-state index contributed by atoms with van der Waals surface area (Å²) in [5.41, 5.74) is 5.61. The number of rotatable bonds is 1. The van der Waals surface area contributed by atoms with E-state index in [4.69, 9.17) is 10.5 Å². The molecular weight excluding hydrogens is 218 g/mol. The first-order chi connectivity index (χ1) is 8.22. The lowest BCUT2D eigenvalue weighted by Gasteiger charge is -2.41. The Morgan fingerprint density at radius 3 is 2.71 bits per heavy atom. The summed E-state index contributed by atoms with van der Waals surface area (Å²) < 4.78 is 5.57. The number of nitrogens with two attached hydrogens (primary N) is 1. The molecule has 2 aliphatic heterocycles. The molecule has 2 fully saturated rings. The molecule has 17 heavy (non-hydrogen) atoms. The van der Waals surface area contributed by atoms with E-state index >= 15 is 0 Å². The zero-order valence-electron chi connectivity index (χ0n) is 10.6. The lowest BCUT2D eigenvalue weighted by molar-refractivity contribution is -0.0419. The normalized spacial score (nSPS) is 30.5. The molecule has 0 radical (unpaired) electrons. The van der Waals surface area contributed by atoms with Crippen LogP contribution in [-0.2, 0) is 4.74 Å². The zero-order chi connectivity index (χ0) is 12.3. The van der Waals surface area contributed by atoms with Crippen LogP contribution in [0.5, 0.6) is 0 Å². The number of nitrogens with zero attached hydrogens (tertiary/aromatic N) is 2. The second kappa shape index (κ2) is 5.69. The Bertz CT molecular complexity index is 266. The van der Waals surface area contributed by atoms with E-state index in [1.807, 2.05) is 16.7 Å². The molecule has 2 amide bonds. The molecule has 0 aromatic rings. The maximum Gasteiger partial charge on any atom is 0.320 e. The minimum atomic E-state index is -0.0000550. The predicted molar refractivity (Wildman–Crippen MR) is 65.8 cm³/mol. The summed E-state index contributed by atoms with van der Waals surface area (Å²) in [4.78, 5) is 16.3. The smallest absolute Gasteiger partial charge is 0.320 e. The molecular formula is C12H23N3O2. The van der Waals surface area contributed by atoms with Gasteiger partial charge in [0.1, 0.15) is 0 Å². The monoisotopic (exact) mass is 241 g/mol. The van der Waals surface area contributed by atoms with Crippen LogP contribution >= 0.6 is 0 Å². The van der Waals surface area contributed by atoms with E-state index in [0.717, 1.165) is 25.9 Å². The van der Waals surface area contributed by atoms with Gasteiger partial charge >= 0.3 is 6.03 Å². The summed E-state index contributed by atoms with van der Waals surface area (Å²) >= 11 is 0. The number of hydrogen-bond acceptors (Lipinski definition) is 3. The zero-order valence-corrected chi connectivity index (χ0v) is 10.6. The maximum absolute atomic E-state index is 12.4. The van der Waals surface area contributed by atoms with Gasteiger partial charge in [-0.25, -0.2) is 4.79 Å². The van der Waals surface area contributed by atoms with Crippen molar-refractivity contribution in [2.45, 2.75) is 38.3 Å². The van der Waals surface area contributed by atoms with Gasteiger partial charge in [-0.2, -0.15) is 0 Å². The fourth-order valence-corrected chi connectivity index (χ4v) is 2.49. The number of carbonyl (C=O) groups is 1. The number of morpholine rings is 1. The fourth-order valence-electron chi connectivity index (χ4n) is 2.49. The Balaban J connectivity index is 1.95. The molecule has 0 bridgehead atoms. The van der Waals surface area contributed by atoms with Crippen LogP contribution in [0.4, 0.5) is 4.79 Å². The third-order valence-electron chi connectivity index (χ3n) is 3.64. The van der Waals surface area contributed by atoms with Crippen molar-refractivity contribution >= 4 is 6.03 Å². The minimum Gasteiger partial charge on any atom is -0.373 e. The molecule has 98 valence electrons. The third kappa shape index (κ3) is 2.90. The lowest BCUT2D eigenvalue weighted by atomic mass is 10.1. The Morgan fingerprint density at radius 2 is 2.06 bits per heavy atom. The quantitative estimate of drug-likeness (QED) is 0.733. The Hall–Kier alpha value is -0.810. The molecule has 2 heterocycles.